The zero-order valence-electron chi connectivity index (χ0n) is 9.93. The first kappa shape index (κ1) is 10.3. The summed E-state index contributed by atoms with van der Waals surface area (Å²) >= 11 is 0. The Hall–Kier alpha value is -1.64. The Morgan fingerprint density at radius 1 is 0.667 bits per heavy atom. The van der Waals surface area contributed by atoms with Crippen molar-refractivity contribution < 1.29 is 10.2 Å². The molecule has 0 radical (unpaired) electrons. The van der Waals surface area contributed by atoms with Gasteiger partial charge in [-0.3, -0.25) is 0 Å². The molecule has 0 saturated heterocycles. The zero-order valence-corrected chi connectivity index (χ0v) is 9.93. The summed E-state index contributed by atoms with van der Waals surface area (Å²) in [7, 11) is 0. The monoisotopic (exact) mass is 238 g/mol. The maximum Gasteiger partial charge on any atom is 0.127 e. The van der Waals surface area contributed by atoms with Gasteiger partial charge in [0.05, 0.1) is 0 Å². The van der Waals surface area contributed by atoms with Crippen molar-refractivity contribution in [1.29, 1.82) is 0 Å². The van der Waals surface area contributed by atoms with Crippen molar-refractivity contribution in [1.82, 2.24) is 0 Å². The van der Waals surface area contributed by atoms with E-state index in [1.165, 1.54) is 0 Å². The van der Waals surface area contributed by atoms with Gasteiger partial charge in [0.25, 0.3) is 0 Å². The van der Waals surface area contributed by atoms with Gasteiger partial charge in [0.2, 0.25) is 0 Å². The number of fused-ring (bicyclic) bond motifs is 5. The average molecular weight is 238 g/mol. The van der Waals surface area contributed by atoms with E-state index in [0.717, 1.165) is 22.3 Å². The van der Waals surface area contributed by atoms with Crippen LogP contribution in [-0.4, -0.2) is 10.2 Å². The molecule has 2 heteroatoms. The van der Waals surface area contributed by atoms with Crippen LogP contribution >= 0.6 is 0 Å². The highest BCUT2D eigenvalue weighted by molar-refractivity contribution is 5.54. The molecule has 0 amide bonds. The SMILES string of the molecule is O[C@@]12Cc3ccccc3[C@]1(O)Cc1ccccc12. The lowest BCUT2D eigenvalue weighted by atomic mass is 9.84. The standard InChI is InChI=1S/C16H14O2/c17-15-9-11-5-1-3-7-13(11)16(15,18)10-12-6-2-4-8-14(12)15/h1-8,17-18H,9-10H2/t15-,16-/m1/s1. The molecule has 0 aromatic heterocycles. The fraction of sp³-hybridized carbons (Fsp3) is 0.250. The molecule has 18 heavy (non-hydrogen) atoms. The summed E-state index contributed by atoms with van der Waals surface area (Å²) in [4.78, 5) is 0. The van der Waals surface area contributed by atoms with Crippen LogP contribution < -0.4 is 0 Å². The Morgan fingerprint density at radius 2 is 1.06 bits per heavy atom. The molecule has 2 atom stereocenters. The first-order valence-corrected chi connectivity index (χ1v) is 6.27. The molecular weight excluding hydrogens is 224 g/mol. The third kappa shape index (κ3) is 0.972. The van der Waals surface area contributed by atoms with E-state index in [1.807, 2.05) is 48.5 Å². The van der Waals surface area contributed by atoms with E-state index in [1.54, 1.807) is 0 Å². The molecule has 2 nitrogen and oxygen atoms in total. The summed E-state index contributed by atoms with van der Waals surface area (Å²) in [6, 6.07) is 15.6. The molecule has 0 bridgehead atoms. The predicted octanol–water partition coefficient (Wildman–Crippen LogP) is 1.87. The van der Waals surface area contributed by atoms with Gasteiger partial charge >= 0.3 is 0 Å². The summed E-state index contributed by atoms with van der Waals surface area (Å²) in [6.45, 7) is 0. The van der Waals surface area contributed by atoms with Crippen LogP contribution in [0.25, 0.3) is 0 Å². The molecular formula is C16H14O2. The molecule has 90 valence electrons. The Balaban J connectivity index is 2.00. The molecule has 2 aliphatic carbocycles. The van der Waals surface area contributed by atoms with Gasteiger partial charge in [-0.2, -0.15) is 0 Å². The Kier molecular flexibility index (Phi) is 1.73. The van der Waals surface area contributed by atoms with Crippen LogP contribution in [0.3, 0.4) is 0 Å². The summed E-state index contributed by atoms with van der Waals surface area (Å²) in [5.41, 5.74) is 1.54. The molecule has 2 N–H and O–H groups in total. The average Bonchev–Trinajstić information content (AvgIpc) is 2.73. The second kappa shape index (κ2) is 3.02. The Bertz CT molecular complexity index is 592. The van der Waals surface area contributed by atoms with Crippen LogP contribution in [0.5, 0.6) is 0 Å². The first-order valence-electron chi connectivity index (χ1n) is 6.27. The first-order chi connectivity index (χ1) is 8.65. The van der Waals surface area contributed by atoms with Crippen LogP contribution in [-0.2, 0) is 24.0 Å². The maximum atomic E-state index is 11.0. The van der Waals surface area contributed by atoms with E-state index in [4.69, 9.17) is 0 Å². The quantitative estimate of drug-likeness (QED) is 0.735. The highest BCUT2D eigenvalue weighted by atomic mass is 16.4. The maximum absolute atomic E-state index is 11.0. The number of benzene rings is 2. The summed E-state index contributed by atoms with van der Waals surface area (Å²) in [6.07, 6.45) is 0.993. The van der Waals surface area contributed by atoms with E-state index in [-0.39, 0.29) is 0 Å². The summed E-state index contributed by atoms with van der Waals surface area (Å²) < 4.78 is 0. The topological polar surface area (TPSA) is 40.5 Å². The molecule has 4 rings (SSSR count). The molecule has 0 aliphatic heterocycles. The van der Waals surface area contributed by atoms with Crippen molar-refractivity contribution in [3.63, 3.8) is 0 Å². The largest absolute Gasteiger partial charge is 0.381 e. The van der Waals surface area contributed by atoms with Gasteiger partial charge in [-0.15, -0.1) is 0 Å². The van der Waals surface area contributed by atoms with Gasteiger partial charge < -0.3 is 10.2 Å². The van der Waals surface area contributed by atoms with Gasteiger partial charge in [-0.05, 0) is 22.3 Å². The van der Waals surface area contributed by atoms with Crippen LogP contribution in [0.2, 0.25) is 0 Å². The minimum absolute atomic E-state index is 0.497. The molecule has 0 saturated carbocycles. The molecule has 0 unspecified atom stereocenters. The molecule has 0 spiro atoms. The second-order valence-electron chi connectivity index (χ2n) is 5.39. The molecule has 2 aromatic carbocycles. The lowest BCUT2D eigenvalue weighted by Crippen LogP contribution is -2.43. The van der Waals surface area contributed by atoms with Gasteiger partial charge in [0.1, 0.15) is 11.2 Å². The molecule has 0 heterocycles. The van der Waals surface area contributed by atoms with E-state index < -0.39 is 11.2 Å². The van der Waals surface area contributed by atoms with Gasteiger partial charge in [0, 0.05) is 12.8 Å². The van der Waals surface area contributed by atoms with Crippen LogP contribution in [0.15, 0.2) is 48.5 Å². The smallest absolute Gasteiger partial charge is 0.127 e. The van der Waals surface area contributed by atoms with E-state index in [9.17, 15) is 10.2 Å². The Labute approximate surface area is 106 Å². The fourth-order valence-corrected chi connectivity index (χ4v) is 3.64. The van der Waals surface area contributed by atoms with Gasteiger partial charge in [0.15, 0.2) is 0 Å². The van der Waals surface area contributed by atoms with Crippen molar-refractivity contribution in [2.45, 2.75) is 24.0 Å². The highest BCUT2D eigenvalue weighted by Gasteiger charge is 2.61. The molecule has 2 aromatic rings. The molecule has 0 fully saturated rings. The third-order valence-electron chi connectivity index (χ3n) is 4.50. The normalized spacial score (nSPS) is 31.9. The number of rotatable bonds is 0. The van der Waals surface area contributed by atoms with Crippen molar-refractivity contribution >= 4 is 0 Å². The Morgan fingerprint density at radius 3 is 1.50 bits per heavy atom. The minimum atomic E-state index is -1.16. The fourth-order valence-electron chi connectivity index (χ4n) is 3.64. The second-order valence-corrected chi connectivity index (χ2v) is 5.39. The van der Waals surface area contributed by atoms with Crippen molar-refractivity contribution in [2.75, 3.05) is 0 Å². The minimum Gasteiger partial charge on any atom is -0.381 e. The third-order valence-corrected chi connectivity index (χ3v) is 4.50. The lowest BCUT2D eigenvalue weighted by Gasteiger charge is -2.32. The number of aliphatic hydroxyl groups is 2. The zero-order chi connectivity index (χ0) is 12.4. The van der Waals surface area contributed by atoms with Crippen LogP contribution in [0, 0.1) is 0 Å². The van der Waals surface area contributed by atoms with E-state index >= 15 is 0 Å². The van der Waals surface area contributed by atoms with Crippen LogP contribution in [0.4, 0.5) is 0 Å². The van der Waals surface area contributed by atoms with Crippen molar-refractivity contribution in [3.05, 3.63) is 70.8 Å². The van der Waals surface area contributed by atoms with Crippen molar-refractivity contribution in [3.8, 4) is 0 Å². The van der Waals surface area contributed by atoms with Crippen molar-refractivity contribution in [2.24, 2.45) is 0 Å². The summed E-state index contributed by atoms with van der Waals surface area (Å²) in [5, 5.41) is 22.0. The predicted molar refractivity (Wildman–Crippen MR) is 68.1 cm³/mol. The molecule has 2 aliphatic rings. The van der Waals surface area contributed by atoms with Crippen LogP contribution in [0.1, 0.15) is 22.3 Å². The number of hydrogen-bond acceptors (Lipinski definition) is 2. The van der Waals surface area contributed by atoms with Gasteiger partial charge in [-0.25, -0.2) is 0 Å². The van der Waals surface area contributed by atoms with Gasteiger partial charge in [-0.1, -0.05) is 48.5 Å². The number of hydrogen-bond donors (Lipinski definition) is 2. The van der Waals surface area contributed by atoms with E-state index in [0.29, 0.717) is 12.8 Å². The highest BCUT2D eigenvalue weighted by Crippen LogP contribution is 2.56. The summed E-state index contributed by atoms with van der Waals surface area (Å²) in [5.74, 6) is 0. The van der Waals surface area contributed by atoms with E-state index in [2.05, 4.69) is 0 Å². The lowest BCUT2D eigenvalue weighted by molar-refractivity contribution is -0.139.